The van der Waals surface area contributed by atoms with Crippen molar-refractivity contribution in [3.05, 3.63) is 56.9 Å². The molecule has 1 aromatic carbocycles. The second-order valence-corrected chi connectivity index (χ2v) is 7.56. The van der Waals surface area contributed by atoms with E-state index in [0.717, 1.165) is 4.57 Å². The molecule has 0 aliphatic carbocycles. The van der Waals surface area contributed by atoms with E-state index in [1.54, 1.807) is 24.3 Å². The van der Waals surface area contributed by atoms with Gasteiger partial charge in [0.25, 0.3) is 5.56 Å². The first-order valence-corrected chi connectivity index (χ1v) is 9.96. The van der Waals surface area contributed by atoms with Crippen molar-refractivity contribution in [3.8, 4) is 17.7 Å². The average Bonchev–Trinajstić information content (AvgIpc) is 2.67. The number of carbonyl (C=O) groups is 1. The number of carbonyl (C=O) groups excluding carboxylic acids is 1. The monoisotopic (exact) mass is 412 g/mol. The molecule has 1 aromatic heterocycles. The van der Waals surface area contributed by atoms with E-state index in [9.17, 15) is 20.0 Å². The minimum Gasteiger partial charge on any atom is -0.494 e. The van der Waals surface area contributed by atoms with Crippen molar-refractivity contribution < 1.29 is 19.4 Å². The van der Waals surface area contributed by atoms with Crippen LogP contribution >= 0.6 is 0 Å². The first kappa shape index (κ1) is 23.2. The van der Waals surface area contributed by atoms with E-state index in [2.05, 4.69) is 0 Å². The quantitative estimate of drug-likeness (QED) is 0.499. The Bertz CT molecular complexity index is 998. The molecular weight excluding hydrogens is 384 g/mol. The van der Waals surface area contributed by atoms with Crippen LogP contribution in [0.25, 0.3) is 0 Å². The summed E-state index contributed by atoms with van der Waals surface area (Å²) < 4.78 is 12.1. The van der Waals surface area contributed by atoms with Crippen LogP contribution in [0.15, 0.2) is 29.1 Å². The third-order valence-electron chi connectivity index (χ3n) is 4.49. The third-order valence-corrected chi connectivity index (χ3v) is 4.49. The molecule has 0 unspecified atom stereocenters. The van der Waals surface area contributed by atoms with E-state index in [1.165, 1.54) is 6.92 Å². The Morgan fingerprint density at radius 3 is 2.33 bits per heavy atom. The Balaban J connectivity index is 2.43. The number of nitrogens with zero attached hydrogens (tertiary/aromatic N) is 2. The standard InChI is InChI=1S/C23H28N2O5/c1-14(2)29-12-6-11-25-22(27)19(13-24)16(5)20(23(25)28)21(26)17-7-9-18(10-8-17)30-15(3)4/h7-10,14-15,28H,6,11-12H2,1-5H3. The highest BCUT2D eigenvalue weighted by molar-refractivity contribution is 6.11. The Morgan fingerprint density at radius 2 is 1.80 bits per heavy atom. The normalized spacial score (nSPS) is 11.0. The van der Waals surface area contributed by atoms with Crippen LogP contribution < -0.4 is 10.3 Å². The van der Waals surface area contributed by atoms with Crippen molar-refractivity contribution in [2.75, 3.05) is 6.61 Å². The van der Waals surface area contributed by atoms with Gasteiger partial charge in [-0.05, 0) is 70.9 Å². The first-order valence-electron chi connectivity index (χ1n) is 9.96. The van der Waals surface area contributed by atoms with Gasteiger partial charge < -0.3 is 14.6 Å². The van der Waals surface area contributed by atoms with Crippen LogP contribution in [0.5, 0.6) is 11.6 Å². The molecule has 0 aliphatic rings. The third kappa shape index (κ3) is 5.28. The van der Waals surface area contributed by atoms with Crippen LogP contribution in [0, 0.1) is 18.3 Å². The van der Waals surface area contributed by atoms with Gasteiger partial charge in [-0.25, -0.2) is 0 Å². The van der Waals surface area contributed by atoms with Gasteiger partial charge in [-0.15, -0.1) is 0 Å². The molecule has 0 radical (unpaired) electrons. The maximum Gasteiger partial charge on any atom is 0.271 e. The summed E-state index contributed by atoms with van der Waals surface area (Å²) in [5.41, 5.74) is -0.327. The number of hydrogen-bond donors (Lipinski definition) is 1. The number of aromatic hydroxyl groups is 1. The maximum atomic E-state index is 13.1. The van der Waals surface area contributed by atoms with Crippen LogP contribution in [0.2, 0.25) is 0 Å². The summed E-state index contributed by atoms with van der Waals surface area (Å²) in [6.07, 6.45) is 0.496. The predicted octanol–water partition coefficient (Wildman–Crippen LogP) is 3.57. The lowest BCUT2D eigenvalue weighted by Crippen LogP contribution is -2.27. The van der Waals surface area contributed by atoms with Crippen LogP contribution in [0.4, 0.5) is 0 Å². The number of rotatable bonds is 9. The SMILES string of the molecule is Cc1c(C(=O)c2ccc(OC(C)C)cc2)c(O)n(CCCOC(C)C)c(=O)c1C#N. The molecule has 1 N–H and O–H groups in total. The summed E-state index contributed by atoms with van der Waals surface area (Å²) in [5, 5.41) is 20.2. The number of ether oxygens (including phenoxy) is 2. The van der Waals surface area contributed by atoms with E-state index in [4.69, 9.17) is 9.47 Å². The second kappa shape index (κ2) is 10.1. The summed E-state index contributed by atoms with van der Waals surface area (Å²) in [5.74, 6) is -0.284. The summed E-state index contributed by atoms with van der Waals surface area (Å²) in [6.45, 7) is 9.62. The number of nitriles is 1. The topological polar surface area (TPSA) is 102 Å². The Kier molecular flexibility index (Phi) is 7.79. The lowest BCUT2D eigenvalue weighted by Gasteiger charge is -2.16. The lowest BCUT2D eigenvalue weighted by atomic mass is 9.97. The van der Waals surface area contributed by atoms with Crippen molar-refractivity contribution in [2.45, 2.75) is 59.8 Å². The van der Waals surface area contributed by atoms with Crippen molar-refractivity contribution >= 4 is 5.78 Å². The number of aromatic nitrogens is 1. The van der Waals surface area contributed by atoms with Crippen LogP contribution in [0.3, 0.4) is 0 Å². The average molecular weight is 412 g/mol. The van der Waals surface area contributed by atoms with Crippen molar-refractivity contribution in [1.82, 2.24) is 4.57 Å². The fourth-order valence-electron chi connectivity index (χ4n) is 3.07. The van der Waals surface area contributed by atoms with Crippen molar-refractivity contribution in [2.24, 2.45) is 0 Å². The largest absolute Gasteiger partial charge is 0.494 e. The van der Waals surface area contributed by atoms with Crippen LogP contribution in [0.1, 0.15) is 61.2 Å². The highest BCUT2D eigenvalue weighted by Crippen LogP contribution is 2.26. The molecule has 30 heavy (non-hydrogen) atoms. The molecule has 0 amide bonds. The van der Waals surface area contributed by atoms with Gasteiger partial charge in [0.05, 0.1) is 17.8 Å². The van der Waals surface area contributed by atoms with Gasteiger partial charge in [0.1, 0.15) is 17.4 Å². The van der Waals surface area contributed by atoms with Crippen molar-refractivity contribution in [3.63, 3.8) is 0 Å². The fourth-order valence-corrected chi connectivity index (χ4v) is 3.07. The molecule has 0 atom stereocenters. The fraction of sp³-hybridized carbons (Fsp3) is 0.435. The minimum atomic E-state index is -0.616. The molecular formula is C23H28N2O5. The van der Waals surface area contributed by atoms with Gasteiger partial charge >= 0.3 is 0 Å². The van der Waals surface area contributed by atoms with Gasteiger partial charge in [0, 0.05) is 18.7 Å². The maximum absolute atomic E-state index is 13.1. The summed E-state index contributed by atoms with van der Waals surface area (Å²) >= 11 is 0. The summed E-state index contributed by atoms with van der Waals surface area (Å²) in [6, 6.07) is 8.40. The van der Waals surface area contributed by atoms with Gasteiger partial charge in [0.15, 0.2) is 5.78 Å². The van der Waals surface area contributed by atoms with E-state index in [0.29, 0.717) is 24.3 Å². The zero-order valence-corrected chi connectivity index (χ0v) is 18.1. The smallest absolute Gasteiger partial charge is 0.271 e. The predicted molar refractivity (Wildman–Crippen MR) is 113 cm³/mol. The number of benzene rings is 1. The van der Waals surface area contributed by atoms with Gasteiger partial charge in [-0.1, -0.05) is 0 Å². The molecule has 7 heteroatoms. The number of ketones is 1. The molecule has 0 saturated carbocycles. The second-order valence-electron chi connectivity index (χ2n) is 7.56. The van der Waals surface area contributed by atoms with E-state index in [1.807, 2.05) is 33.8 Å². The zero-order valence-electron chi connectivity index (χ0n) is 18.1. The molecule has 0 spiro atoms. The van der Waals surface area contributed by atoms with Crippen LogP contribution in [-0.4, -0.2) is 34.3 Å². The molecule has 0 fully saturated rings. The van der Waals surface area contributed by atoms with E-state index < -0.39 is 17.2 Å². The minimum absolute atomic E-state index is 0.000686. The van der Waals surface area contributed by atoms with Gasteiger partial charge in [-0.2, -0.15) is 5.26 Å². The molecule has 2 rings (SSSR count). The zero-order chi connectivity index (χ0) is 22.4. The summed E-state index contributed by atoms with van der Waals surface area (Å²) in [4.78, 5) is 25.8. The Morgan fingerprint density at radius 1 is 1.17 bits per heavy atom. The molecule has 7 nitrogen and oxygen atoms in total. The molecule has 2 aromatic rings. The van der Waals surface area contributed by atoms with Gasteiger partial charge in [0.2, 0.25) is 5.88 Å². The summed E-state index contributed by atoms with van der Waals surface area (Å²) in [7, 11) is 0. The van der Waals surface area contributed by atoms with Crippen molar-refractivity contribution in [1.29, 1.82) is 5.26 Å². The molecule has 0 bridgehead atoms. The first-order chi connectivity index (χ1) is 14.2. The number of pyridine rings is 1. The molecule has 0 saturated heterocycles. The van der Waals surface area contributed by atoms with E-state index in [-0.39, 0.29) is 35.4 Å². The van der Waals surface area contributed by atoms with E-state index >= 15 is 0 Å². The lowest BCUT2D eigenvalue weighted by molar-refractivity contribution is 0.0743. The highest BCUT2D eigenvalue weighted by Gasteiger charge is 2.24. The molecule has 160 valence electrons. The van der Waals surface area contributed by atoms with Gasteiger partial charge in [-0.3, -0.25) is 14.2 Å². The molecule has 1 heterocycles. The Labute approximate surface area is 176 Å². The number of hydrogen-bond acceptors (Lipinski definition) is 6. The highest BCUT2D eigenvalue weighted by atomic mass is 16.5. The Hall–Kier alpha value is -3.11. The molecule has 0 aliphatic heterocycles. The van der Waals surface area contributed by atoms with Crippen LogP contribution in [-0.2, 0) is 11.3 Å².